The summed E-state index contributed by atoms with van der Waals surface area (Å²) in [5.41, 5.74) is 0.303. The molecule has 0 aliphatic rings. The van der Waals surface area contributed by atoms with Gasteiger partial charge in [0.05, 0.1) is 4.92 Å². The molecule has 1 heterocycles. The minimum Gasteiger partial charge on any atom is -0.477 e. The third-order valence-corrected chi connectivity index (χ3v) is 2.57. The summed E-state index contributed by atoms with van der Waals surface area (Å²) in [7, 11) is 0. The van der Waals surface area contributed by atoms with Crippen molar-refractivity contribution in [3.8, 4) is 0 Å². The van der Waals surface area contributed by atoms with E-state index in [1.807, 2.05) is 6.92 Å². The van der Waals surface area contributed by atoms with Gasteiger partial charge >= 0.3 is 5.97 Å². The second-order valence-electron chi connectivity index (χ2n) is 3.84. The zero-order valence-electron chi connectivity index (χ0n) is 9.66. The van der Waals surface area contributed by atoms with Crippen LogP contribution in [-0.2, 0) is 6.54 Å². The molecule has 0 spiro atoms. The Hall–Kier alpha value is -2.44. The van der Waals surface area contributed by atoms with Crippen molar-refractivity contribution in [3.05, 3.63) is 34.0 Å². The van der Waals surface area contributed by atoms with Crippen LogP contribution in [0.3, 0.4) is 0 Å². The van der Waals surface area contributed by atoms with Crippen molar-refractivity contribution in [1.82, 2.24) is 9.78 Å². The zero-order valence-corrected chi connectivity index (χ0v) is 9.66. The number of carboxylic acids is 1. The van der Waals surface area contributed by atoms with E-state index in [4.69, 9.17) is 5.11 Å². The number of hydrogen-bond donors (Lipinski definition) is 1. The highest BCUT2D eigenvalue weighted by Gasteiger charge is 2.19. The molecule has 7 nitrogen and oxygen atoms in total. The highest BCUT2D eigenvalue weighted by molar-refractivity contribution is 6.01. The van der Waals surface area contributed by atoms with Crippen molar-refractivity contribution < 1.29 is 14.8 Å². The Kier molecular flexibility index (Phi) is 2.97. The highest BCUT2D eigenvalue weighted by atomic mass is 16.6. The SMILES string of the molecule is CCCn1nc2cc([N+](=O)[O-])ccc2c1C(=O)O. The molecule has 1 aromatic heterocycles. The molecule has 0 saturated carbocycles. The lowest BCUT2D eigenvalue weighted by Gasteiger charge is -2.00. The minimum absolute atomic E-state index is 0.0711. The Morgan fingerprint density at radius 3 is 2.83 bits per heavy atom. The van der Waals surface area contributed by atoms with E-state index in [2.05, 4.69) is 5.10 Å². The molecule has 1 N–H and O–H groups in total. The predicted molar refractivity (Wildman–Crippen MR) is 63.6 cm³/mol. The topological polar surface area (TPSA) is 98.3 Å². The first kappa shape index (κ1) is 12.0. The number of nitrogens with zero attached hydrogens (tertiary/aromatic N) is 3. The number of hydrogen-bond acceptors (Lipinski definition) is 4. The van der Waals surface area contributed by atoms with Crippen molar-refractivity contribution in [1.29, 1.82) is 0 Å². The van der Waals surface area contributed by atoms with Crippen molar-refractivity contribution >= 4 is 22.6 Å². The second-order valence-corrected chi connectivity index (χ2v) is 3.84. The van der Waals surface area contributed by atoms with Gasteiger partial charge in [-0.1, -0.05) is 6.92 Å². The van der Waals surface area contributed by atoms with Gasteiger partial charge in [0.2, 0.25) is 0 Å². The van der Waals surface area contributed by atoms with Gasteiger partial charge in [0.15, 0.2) is 5.69 Å². The standard InChI is InChI=1S/C11H11N3O4/c1-2-5-13-10(11(15)16)8-4-3-7(14(17)18)6-9(8)12-13/h3-4,6H,2,5H2,1H3,(H,15,16). The fourth-order valence-corrected chi connectivity index (χ4v) is 1.83. The number of aromatic nitrogens is 2. The molecule has 0 radical (unpaired) electrons. The third kappa shape index (κ3) is 1.90. The Morgan fingerprint density at radius 2 is 2.28 bits per heavy atom. The van der Waals surface area contributed by atoms with Gasteiger partial charge in [0.1, 0.15) is 5.52 Å². The fourth-order valence-electron chi connectivity index (χ4n) is 1.83. The normalized spacial score (nSPS) is 10.7. The van der Waals surface area contributed by atoms with Gasteiger partial charge in [-0.2, -0.15) is 5.10 Å². The lowest BCUT2D eigenvalue weighted by atomic mass is 10.2. The van der Waals surface area contributed by atoms with Crippen LogP contribution in [0.15, 0.2) is 18.2 Å². The average Bonchev–Trinajstić information content (AvgIpc) is 2.66. The maximum absolute atomic E-state index is 11.2. The van der Waals surface area contributed by atoms with Gasteiger partial charge in [0.25, 0.3) is 5.69 Å². The van der Waals surface area contributed by atoms with Gasteiger partial charge in [-0.05, 0) is 12.5 Å². The monoisotopic (exact) mass is 249 g/mol. The van der Waals surface area contributed by atoms with Crippen LogP contribution in [0.5, 0.6) is 0 Å². The molecule has 0 atom stereocenters. The van der Waals surface area contributed by atoms with Gasteiger partial charge in [0, 0.05) is 24.1 Å². The maximum atomic E-state index is 11.2. The molecule has 0 fully saturated rings. The summed E-state index contributed by atoms with van der Waals surface area (Å²) in [6, 6.07) is 4.00. The summed E-state index contributed by atoms with van der Waals surface area (Å²) >= 11 is 0. The van der Waals surface area contributed by atoms with Crippen molar-refractivity contribution in [2.75, 3.05) is 0 Å². The van der Waals surface area contributed by atoms with Crippen molar-refractivity contribution in [2.45, 2.75) is 19.9 Å². The average molecular weight is 249 g/mol. The first-order valence-corrected chi connectivity index (χ1v) is 5.43. The first-order valence-electron chi connectivity index (χ1n) is 5.43. The molecule has 0 aliphatic carbocycles. The largest absolute Gasteiger partial charge is 0.477 e. The van der Waals surface area contributed by atoms with Gasteiger partial charge in [-0.15, -0.1) is 0 Å². The summed E-state index contributed by atoms with van der Waals surface area (Å²) in [4.78, 5) is 21.3. The molecule has 0 unspecified atom stereocenters. The number of nitro benzene ring substituents is 1. The van der Waals surface area contributed by atoms with Crippen molar-refractivity contribution in [3.63, 3.8) is 0 Å². The number of rotatable bonds is 4. The number of carboxylic acid groups (broad SMARTS) is 1. The molecule has 7 heteroatoms. The lowest BCUT2D eigenvalue weighted by molar-refractivity contribution is -0.384. The van der Waals surface area contributed by atoms with E-state index < -0.39 is 10.9 Å². The fraction of sp³-hybridized carbons (Fsp3) is 0.273. The quantitative estimate of drug-likeness (QED) is 0.660. The molecule has 2 rings (SSSR count). The summed E-state index contributed by atoms with van der Waals surface area (Å²) < 4.78 is 1.37. The number of carbonyl (C=O) groups is 1. The van der Waals surface area contributed by atoms with Gasteiger partial charge in [-0.3, -0.25) is 14.8 Å². The van der Waals surface area contributed by atoms with E-state index in [1.54, 1.807) is 0 Å². The van der Waals surface area contributed by atoms with Crippen LogP contribution in [0.2, 0.25) is 0 Å². The number of aromatic carboxylic acids is 1. The minimum atomic E-state index is -1.08. The molecular weight excluding hydrogens is 238 g/mol. The molecule has 0 aliphatic heterocycles. The van der Waals surface area contributed by atoms with Gasteiger partial charge in [-0.25, -0.2) is 4.79 Å². The Morgan fingerprint density at radius 1 is 1.56 bits per heavy atom. The Balaban J connectivity index is 2.68. The summed E-state index contributed by atoms with van der Waals surface area (Å²) in [6.45, 7) is 2.37. The van der Waals surface area contributed by atoms with Crippen LogP contribution in [-0.4, -0.2) is 25.8 Å². The Bertz CT molecular complexity index is 632. The maximum Gasteiger partial charge on any atom is 0.354 e. The number of aryl methyl sites for hydroxylation is 1. The lowest BCUT2D eigenvalue weighted by Crippen LogP contribution is -2.09. The van der Waals surface area contributed by atoms with E-state index in [9.17, 15) is 14.9 Å². The molecule has 1 aromatic carbocycles. The molecule has 18 heavy (non-hydrogen) atoms. The number of non-ortho nitro benzene ring substituents is 1. The molecule has 0 bridgehead atoms. The molecule has 2 aromatic rings. The molecule has 94 valence electrons. The molecule has 0 amide bonds. The van der Waals surface area contributed by atoms with Crippen molar-refractivity contribution in [2.24, 2.45) is 0 Å². The summed E-state index contributed by atoms with van der Waals surface area (Å²) in [5.74, 6) is -1.08. The van der Waals surface area contributed by atoms with E-state index >= 15 is 0 Å². The van der Waals surface area contributed by atoms with E-state index in [0.717, 1.165) is 6.42 Å². The van der Waals surface area contributed by atoms with Crippen LogP contribution in [0.4, 0.5) is 5.69 Å². The predicted octanol–water partition coefficient (Wildman–Crippen LogP) is 2.05. The summed E-state index contributed by atoms with van der Waals surface area (Å²) in [6.07, 6.45) is 0.733. The smallest absolute Gasteiger partial charge is 0.354 e. The molecular formula is C11H11N3O4. The van der Waals surface area contributed by atoms with Crippen LogP contribution in [0, 0.1) is 10.1 Å². The molecule has 0 saturated heterocycles. The van der Waals surface area contributed by atoms with Crippen LogP contribution < -0.4 is 0 Å². The van der Waals surface area contributed by atoms with E-state index in [-0.39, 0.29) is 11.4 Å². The van der Waals surface area contributed by atoms with Crippen LogP contribution in [0.25, 0.3) is 10.9 Å². The number of benzene rings is 1. The van der Waals surface area contributed by atoms with E-state index in [1.165, 1.54) is 22.9 Å². The second kappa shape index (κ2) is 4.44. The summed E-state index contributed by atoms with van der Waals surface area (Å²) in [5, 5.41) is 24.3. The van der Waals surface area contributed by atoms with Crippen LogP contribution in [0.1, 0.15) is 23.8 Å². The Labute approximate surface area is 102 Å². The highest BCUT2D eigenvalue weighted by Crippen LogP contribution is 2.23. The first-order chi connectivity index (χ1) is 8.54. The third-order valence-electron chi connectivity index (χ3n) is 2.57. The van der Waals surface area contributed by atoms with E-state index in [0.29, 0.717) is 17.4 Å². The number of nitro groups is 1. The van der Waals surface area contributed by atoms with Crippen LogP contribution >= 0.6 is 0 Å². The number of fused-ring (bicyclic) bond motifs is 1. The van der Waals surface area contributed by atoms with Gasteiger partial charge < -0.3 is 5.11 Å². The zero-order chi connectivity index (χ0) is 13.3.